The summed E-state index contributed by atoms with van der Waals surface area (Å²) in [5.74, 6) is 0.782. The number of rotatable bonds is 6. The minimum Gasteiger partial charge on any atom is -0.370 e. The third-order valence-corrected chi connectivity index (χ3v) is 4.48. The number of nitrogens with one attached hydrogen (secondary N) is 1. The first-order valence-corrected chi connectivity index (χ1v) is 7.83. The monoisotopic (exact) mass is 259 g/mol. The third-order valence-electron chi connectivity index (χ3n) is 4.21. The van der Waals surface area contributed by atoms with Gasteiger partial charge in [0.2, 0.25) is 0 Å². The minimum absolute atomic E-state index is 0.279. The number of unbranched alkanes of at least 4 members (excludes halogenated alkanes) is 1. The summed E-state index contributed by atoms with van der Waals surface area (Å²) < 4.78 is 6.31. The Morgan fingerprint density at radius 3 is 2.71 bits per heavy atom. The van der Waals surface area contributed by atoms with Crippen molar-refractivity contribution in [3.63, 3.8) is 0 Å². The van der Waals surface area contributed by atoms with E-state index in [-0.39, 0.29) is 5.60 Å². The molecule has 0 bridgehead atoms. The Kier molecular flexibility index (Phi) is 5.58. The SMILES string of the molecule is ClCCCCNCC1CCC2(CCCCC2)O1. The molecular weight excluding hydrogens is 234 g/mol. The van der Waals surface area contributed by atoms with Crippen molar-refractivity contribution < 1.29 is 4.74 Å². The molecule has 2 aliphatic rings. The van der Waals surface area contributed by atoms with Crippen LogP contribution in [-0.2, 0) is 4.74 Å². The van der Waals surface area contributed by atoms with Crippen molar-refractivity contribution >= 4 is 11.6 Å². The third kappa shape index (κ3) is 4.11. The molecule has 1 atom stereocenters. The van der Waals surface area contributed by atoms with Gasteiger partial charge in [0, 0.05) is 12.4 Å². The maximum Gasteiger partial charge on any atom is 0.0708 e. The van der Waals surface area contributed by atoms with Crippen LogP contribution in [0.1, 0.15) is 57.8 Å². The second-order valence-corrected chi connectivity index (χ2v) is 6.00. The van der Waals surface area contributed by atoms with Crippen LogP contribution in [0.3, 0.4) is 0 Å². The van der Waals surface area contributed by atoms with Crippen molar-refractivity contribution in [1.82, 2.24) is 5.32 Å². The molecule has 0 aromatic heterocycles. The second-order valence-electron chi connectivity index (χ2n) is 5.62. The number of hydrogen-bond acceptors (Lipinski definition) is 2. The molecule has 1 saturated carbocycles. The van der Waals surface area contributed by atoms with Gasteiger partial charge in [-0.1, -0.05) is 19.3 Å². The van der Waals surface area contributed by atoms with Gasteiger partial charge in [0.05, 0.1) is 11.7 Å². The van der Waals surface area contributed by atoms with Crippen molar-refractivity contribution in [2.45, 2.75) is 69.5 Å². The Bertz CT molecular complexity index is 216. The minimum atomic E-state index is 0.279. The maximum absolute atomic E-state index is 6.31. The predicted octanol–water partition coefficient (Wildman–Crippen LogP) is 3.48. The highest BCUT2D eigenvalue weighted by molar-refractivity contribution is 6.17. The molecule has 1 N–H and O–H groups in total. The van der Waals surface area contributed by atoms with E-state index in [0.29, 0.717) is 6.10 Å². The van der Waals surface area contributed by atoms with Crippen LogP contribution in [0, 0.1) is 0 Å². The molecular formula is C14H26ClNO. The average molecular weight is 260 g/mol. The number of ether oxygens (including phenoxy) is 1. The van der Waals surface area contributed by atoms with Crippen LogP contribution in [-0.4, -0.2) is 30.7 Å². The summed E-state index contributed by atoms with van der Waals surface area (Å²) in [6.45, 7) is 2.11. The highest BCUT2D eigenvalue weighted by atomic mass is 35.5. The zero-order valence-electron chi connectivity index (χ0n) is 10.8. The first-order chi connectivity index (χ1) is 8.35. The van der Waals surface area contributed by atoms with Crippen LogP contribution >= 0.6 is 11.6 Å². The normalized spacial score (nSPS) is 27.7. The van der Waals surface area contributed by atoms with Crippen LogP contribution in [0.2, 0.25) is 0 Å². The van der Waals surface area contributed by atoms with Crippen molar-refractivity contribution in [1.29, 1.82) is 0 Å². The molecule has 0 aromatic rings. The summed E-state index contributed by atoms with van der Waals surface area (Å²) in [5.41, 5.74) is 0.279. The quantitative estimate of drug-likeness (QED) is 0.583. The van der Waals surface area contributed by atoms with Crippen LogP contribution in [0.15, 0.2) is 0 Å². The van der Waals surface area contributed by atoms with Gasteiger partial charge in [0.1, 0.15) is 0 Å². The molecule has 100 valence electrons. The topological polar surface area (TPSA) is 21.3 Å². The molecule has 3 heteroatoms. The number of halogens is 1. The molecule has 1 spiro atoms. The average Bonchev–Trinajstić information content (AvgIpc) is 2.73. The molecule has 1 saturated heterocycles. The van der Waals surface area contributed by atoms with Crippen molar-refractivity contribution in [2.75, 3.05) is 19.0 Å². The maximum atomic E-state index is 6.31. The second kappa shape index (κ2) is 6.96. The highest BCUT2D eigenvalue weighted by Gasteiger charge is 2.40. The van der Waals surface area contributed by atoms with Crippen LogP contribution in [0.25, 0.3) is 0 Å². The standard InChI is InChI=1S/C14H26ClNO/c15-10-4-5-11-16-12-13-6-9-14(17-13)7-2-1-3-8-14/h13,16H,1-12H2. The fraction of sp³-hybridized carbons (Fsp3) is 1.00. The molecule has 0 aromatic carbocycles. The molecule has 1 unspecified atom stereocenters. The van der Waals surface area contributed by atoms with E-state index in [2.05, 4.69) is 5.32 Å². The zero-order valence-corrected chi connectivity index (χ0v) is 11.6. The molecule has 1 heterocycles. The number of alkyl halides is 1. The van der Waals surface area contributed by atoms with E-state index in [4.69, 9.17) is 16.3 Å². The van der Waals surface area contributed by atoms with Crippen LogP contribution in [0.5, 0.6) is 0 Å². The first-order valence-electron chi connectivity index (χ1n) is 7.29. The summed E-state index contributed by atoms with van der Waals surface area (Å²) in [6.07, 6.45) is 12.1. The first kappa shape index (κ1) is 13.6. The molecule has 2 fully saturated rings. The van der Waals surface area contributed by atoms with Crippen LogP contribution < -0.4 is 5.32 Å². The largest absolute Gasteiger partial charge is 0.370 e. The smallest absolute Gasteiger partial charge is 0.0708 e. The lowest BCUT2D eigenvalue weighted by molar-refractivity contribution is -0.0622. The summed E-state index contributed by atoms with van der Waals surface area (Å²) in [4.78, 5) is 0. The summed E-state index contributed by atoms with van der Waals surface area (Å²) in [7, 11) is 0. The van der Waals surface area contributed by atoms with E-state index >= 15 is 0 Å². The molecule has 0 amide bonds. The van der Waals surface area contributed by atoms with Gasteiger partial charge in [-0.2, -0.15) is 0 Å². The Morgan fingerprint density at radius 1 is 1.12 bits per heavy atom. The summed E-state index contributed by atoms with van der Waals surface area (Å²) in [6, 6.07) is 0. The Morgan fingerprint density at radius 2 is 1.94 bits per heavy atom. The van der Waals surface area contributed by atoms with Crippen LogP contribution in [0.4, 0.5) is 0 Å². The van der Waals surface area contributed by atoms with E-state index in [1.165, 1.54) is 51.4 Å². The van der Waals surface area contributed by atoms with Gasteiger partial charge in [0.15, 0.2) is 0 Å². The molecule has 17 heavy (non-hydrogen) atoms. The molecule has 1 aliphatic carbocycles. The molecule has 2 nitrogen and oxygen atoms in total. The summed E-state index contributed by atoms with van der Waals surface area (Å²) >= 11 is 5.65. The fourth-order valence-electron chi connectivity index (χ4n) is 3.21. The lowest BCUT2D eigenvalue weighted by Gasteiger charge is -2.33. The van der Waals surface area contributed by atoms with Crippen molar-refractivity contribution in [3.8, 4) is 0 Å². The molecule has 1 aliphatic heterocycles. The van der Waals surface area contributed by atoms with Gasteiger partial charge >= 0.3 is 0 Å². The Hall–Kier alpha value is 0.210. The molecule has 2 rings (SSSR count). The van der Waals surface area contributed by atoms with E-state index in [0.717, 1.165) is 25.4 Å². The molecule has 0 radical (unpaired) electrons. The van der Waals surface area contributed by atoms with Gasteiger partial charge in [-0.05, 0) is 45.1 Å². The predicted molar refractivity (Wildman–Crippen MR) is 72.7 cm³/mol. The van der Waals surface area contributed by atoms with E-state index in [1.54, 1.807) is 0 Å². The van der Waals surface area contributed by atoms with Crippen molar-refractivity contribution in [2.24, 2.45) is 0 Å². The lowest BCUT2D eigenvalue weighted by Crippen LogP contribution is -2.34. The fourth-order valence-corrected chi connectivity index (χ4v) is 3.40. The van der Waals surface area contributed by atoms with Crippen molar-refractivity contribution in [3.05, 3.63) is 0 Å². The Balaban J connectivity index is 1.60. The summed E-state index contributed by atoms with van der Waals surface area (Å²) in [5, 5.41) is 3.50. The van der Waals surface area contributed by atoms with Gasteiger partial charge in [-0.15, -0.1) is 11.6 Å². The van der Waals surface area contributed by atoms with Gasteiger partial charge in [0.25, 0.3) is 0 Å². The van der Waals surface area contributed by atoms with E-state index in [9.17, 15) is 0 Å². The van der Waals surface area contributed by atoms with E-state index < -0.39 is 0 Å². The van der Waals surface area contributed by atoms with Gasteiger partial charge < -0.3 is 10.1 Å². The highest BCUT2D eigenvalue weighted by Crippen LogP contribution is 2.41. The Labute approximate surface area is 110 Å². The number of hydrogen-bond donors (Lipinski definition) is 1. The van der Waals surface area contributed by atoms with Gasteiger partial charge in [-0.25, -0.2) is 0 Å². The van der Waals surface area contributed by atoms with E-state index in [1.807, 2.05) is 0 Å². The van der Waals surface area contributed by atoms with Gasteiger partial charge in [-0.3, -0.25) is 0 Å². The lowest BCUT2D eigenvalue weighted by atomic mass is 9.83. The zero-order chi connectivity index (χ0) is 12.0.